The Balaban J connectivity index is 1.21. The number of fused-ring (bicyclic) bond motifs is 1. The molecule has 2 aromatic carbocycles. The first-order valence-corrected chi connectivity index (χ1v) is 14.7. The minimum Gasteiger partial charge on any atom is -0.497 e. The smallest absolute Gasteiger partial charge is 0.253 e. The van der Waals surface area contributed by atoms with Crippen molar-refractivity contribution in [3.8, 4) is 5.75 Å². The highest BCUT2D eigenvalue weighted by Gasteiger charge is 2.30. The Hall–Kier alpha value is -2.69. The zero-order valence-electron chi connectivity index (χ0n) is 20.7. The van der Waals surface area contributed by atoms with Crippen LogP contribution in [-0.4, -0.2) is 74.9 Å². The number of benzene rings is 2. The molecular weight excluding hydrogens is 496 g/mol. The summed E-state index contributed by atoms with van der Waals surface area (Å²) in [5, 5.41) is 0.946. The molecule has 5 rings (SSSR count). The molecule has 1 amide bonds. The number of aromatic nitrogens is 1. The SMILES string of the molecule is COc1ccc2nc(N3CCN(C(=O)c4ccc(S(=O)(=O)N(C)C5CCCCC5)cc4)CC3)sc2c1. The molecule has 1 saturated carbocycles. The van der Waals surface area contributed by atoms with Gasteiger partial charge in [-0.1, -0.05) is 30.6 Å². The van der Waals surface area contributed by atoms with Crippen LogP contribution in [-0.2, 0) is 10.0 Å². The quantitative estimate of drug-likeness (QED) is 0.476. The maximum Gasteiger partial charge on any atom is 0.253 e. The average Bonchev–Trinajstić information content (AvgIpc) is 3.36. The van der Waals surface area contributed by atoms with Crippen LogP contribution in [0.2, 0.25) is 0 Å². The lowest BCUT2D eigenvalue weighted by molar-refractivity contribution is 0.0746. The van der Waals surface area contributed by atoms with Crippen LogP contribution in [0.25, 0.3) is 10.2 Å². The molecule has 1 aliphatic carbocycles. The number of ether oxygens (including phenoxy) is 1. The summed E-state index contributed by atoms with van der Waals surface area (Å²) in [4.78, 5) is 22.1. The first-order valence-electron chi connectivity index (χ1n) is 12.4. The Bertz CT molecular complexity index is 1330. The number of hydrogen-bond acceptors (Lipinski definition) is 7. The number of nitrogens with zero attached hydrogens (tertiary/aromatic N) is 4. The highest BCUT2D eigenvalue weighted by Crippen LogP contribution is 2.32. The summed E-state index contributed by atoms with van der Waals surface area (Å²) in [6, 6.07) is 12.3. The van der Waals surface area contributed by atoms with Gasteiger partial charge in [0.15, 0.2) is 5.13 Å². The summed E-state index contributed by atoms with van der Waals surface area (Å²) >= 11 is 1.63. The molecule has 192 valence electrons. The average molecular weight is 529 g/mol. The predicted molar refractivity (Wildman–Crippen MR) is 143 cm³/mol. The van der Waals surface area contributed by atoms with E-state index < -0.39 is 10.0 Å². The standard InChI is InChI=1S/C26H32N4O4S2/c1-28(20-6-4-3-5-7-20)36(32,33)22-11-8-19(9-12-22)25(31)29-14-16-30(17-15-29)26-27-23-13-10-21(34-2)18-24(23)35-26/h8-13,18,20H,3-7,14-17H2,1-2H3. The van der Waals surface area contributed by atoms with Crippen LogP contribution in [0.5, 0.6) is 5.75 Å². The third kappa shape index (κ3) is 4.94. The fourth-order valence-corrected chi connectivity index (χ4v) is 7.48. The largest absolute Gasteiger partial charge is 0.497 e. The molecule has 2 aliphatic rings. The molecule has 0 radical (unpaired) electrons. The van der Waals surface area contributed by atoms with Crippen molar-refractivity contribution in [3.63, 3.8) is 0 Å². The maximum atomic E-state index is 13.1. The molecule has 10 heteroatoms. The second-order valence-corrected chi connectivity index (χ2v) is 12.5. The monoisotopic (exact) mass is 528 g/mol. The molecule has 1 aliphatic heterocycles. The van der Waals surface area contributed by atoms with E-state index in [1.807, 2.05) is 23.1 Å². The Labute approximate surface area is 216 Å². The summed E-state index contributed by atoms with van der Waals surface area (Å²) in [5.74, 6) is 0.737. The van der Waals surface area contributed by atoms with Crippen LogP contribution < -0.4 is 9.64 Å². The highest BCUT2D eigenvalue weighted by molar-refractivity contribution is 7.89. The van der Waals surface area contributed by atoms with Gasteiger partial charge in [-0.05, 0) is 55.3 Å². The number of hydrogen-bond donors (Lipinski definition) is 0. The Morgan fingerprint density at radius 2 is 1.72 bits per heavy atom. The van der Waals surface area contributed by atoms with Crippen molar-refractivity contribution >= 4 is 42.6 Å². The van der Waals surface area contributed by atoms with E-state index in [0.29, 0.717) is 31.7 Å². The lowest BCUT2D eigenvalue weighted by Crippen LogP contribution is -2.48. The van der Waals surface area contributed by atoms with Gasteiger partial charge in [-0.3, -0.25) is 4.79 Å². The van der Waals surface area contributed by atoms with Gasteiger partial charge in [0.2, 0.25) is 10.0 Å². The molecule has 8 nitrogen and oxygen atoms in total. The molecule has 3 aromatic rings. The van der Waals surface area contributed by atoms with Crippen molar-refractivity contribution in [2.75, 3.05) is 45.2 Å². The van der Waals surface area contributed by atoms with E-state index >= 15 is 0 Å². The lowest BCUT2D eigenvalue weighted by Gasteiger charge is -2.34. The van der Waals surface area contributed by atoms with Crippen LogP contribution in [0, 0.1) is 0 Å². The van der Waals surface area contributed by atoms with E-state index in [0.717, 1.165) is 46.8 Å². The number of amides is 1. The molecule has 0 spiro atoms. The predicted octanol–water partition coefficient (Wildman–Crippen LogP) is 4.22. The van der Waals surface area contributed by atoms with Crippen molar-refractivity contribution < 1.29 is 17.9 Å². The van der Waals surface area contributed by atoms with Crippen LogP contribution in [0.1, 0.15) is 42.5 Å². The summed E-state index contributed by atoms with van der Waals surface area (Å²) in [6.45, 7) is 2.56. The van der Waals surface area contributed by atoms with Crippen molar-refractivity contribution in [1.29, 1.82) is 0 Å². The van der Waals surface area contributed by atoms with Gasteiger partial charge in [-0.25, -0.2) is 13.4 Å². The zero-order chi connectivity index (χ0) is 25.3. The number of methoxy groups -OCH3 is 1. The third-order valence-corrected chi connectivity index (χ3v) is 10.3. The zero-order valence-corrected chi connectivity index (χ0v) is 22.4. The van der Waals surface area contributed by atoms with Crippen molar-refractivity contribution in [3.05, 3.63) is 48.0 Å². The Morgan fingerprint density at radius 1 is 1.03 bits per heavy atom. The highest BCUT2D eigenvalue weighted by atomic mass is 32.2. The number of sulfonamides is 1. The minimum absolute atomic E-state index is 0.0545. The summed E-state index contributed by atoms with van der Waals surface area (Å²) < 4.78 is 34.1. The van der Waals surface area contributed by atoms with Gasteiger partial charge in [0.1, 0.15) is 5.75 Å². The second kappa shape index (κ2) is 10.4. The summed E-state index contributed by atoms with van der Waals surface area (Å²) in [6.07, 6.45) is 5.12. The lowest BCUT2D eigenvalue weighted by atomic mass is 9.96. The molecule has 2 heterocycles. The van der Waals surface area contributed by atoms with Gasteiger partial charge in [0.05, 0.1) is 22.2 Å². The normalized spacial score (nSPS) is 17.6. The molecule has 0 unspecified atom stereocenters. The molecule has 36 heavy (non-hydrogen) atoms. The van der Waals surface area contributed by atoms with Gasteiger partial charge in [0.25, 0.3) is 5.91 Å². The van der Waals surface area contributed by atoms with Gasteiger partial charge in [-0.15, -0.1) is 0 Å². The van der Waals surface area contributed by atoms with E-state index in [-0.39, 0.29) is 16.8 Å². The van der Waals surface area contributed by atoms with Crippen molar-refractivity contribution in [2.24, 2.45) is 0 Å². The Morgan fingerprint density at radius 3 is 2.39 bits per heavy atom. The fraction of sp³-hybridized carbons (Fsp3) is 0.462. The van der Waals surface area contributed by atoms with E-state index in [2.05, 4.69) is 4.90 Å². The topological polar surface area (TPSA) is 83.0 Å². The number of anilines is 1. The van der Waals surface area contributed by atoms with Gasteiger partial charge in [-0.2, -0.15) is 4.31 Å². The first-order chi connectivity index (χ1) is 17.4. The van der Waals surface area contributed by atoms with Gasteiger partial charge < -0.3 is 14.5 Å². The number of carbonyl (C=O) groups excluding carboxylic acids is 1. The number of carbonyl (C=O) groups is 1. The van der Waals surface area contributed by atoms with E-state index in [4.69, 9.17) is 9.72 Å². The number of rotatable bonds is 6. The van der Waals surface area contributed by atoms with Gasteiger partial charge >= 0.3 is 0 Å². The van der Waals surface area contributed by atoms with Crippen molar-refractivity contribution in [2.45, 2.75) is 43.0 Å². The minimum atomic E-state index is -3.57. The first kappa shape index (κ1) is 25.0. The molecule has 0 bridgehead atoms. The van der Waals surface area contributed by atoms with Crippen LogP contribution >= 0.6 is 11.3 Å². The Kier molecular flexibility index (Phi) is 7.18. The second-order valence-electron chi connectivity index (χ2n) is 9.45. The number of piperazine rings is 1. The molecule has 2 fully saturated rings. The fourth-order valence-electron chi connectivity index (χ4n) is 5.02. The van der Waals surface area contributed by atoms with Crippen LogP contribution in [0.4, 0.5) is 5.13 Å². The van der Waals surface area contributed by atoms with E-state index in [1.54, 1.807) is 49.8 Å². The third-order valence-electron chi connectivity index (χ3n) is 7.29. The van der Waals surface area contributed by atoms with E-state index in [9.17, 15) is 13.2 Å². The van der Waals surface area contributed by atoms with E-state index in [1.165, 1.54) is 10.7 Å². The van der Waals surface area contributed by atoms with Gasteiger partial charge in [0, 0.05) is 44.8 Å². The van der Waals surface area contributed by atoms with Crippen LogP contribution in [0.15, 0.2) is 47.4 Å². The van der Waals surface area contributed by atoms with Crippen molar-refractivity contribution in [1.82, 2.24) is 14.2 Å². The number of thiazole rings is 1. The molecule has 1 saturated heterocycles. The molecule has 0 atom stereocenters. The summed E-state index contributed by atoms with van der Waals surface area (Å²) in [5.41, 5.74) is 1.45. The maximum absolute atomic E-state index is 13.1. The molecule has 1 aromatic heterocycles. The summed E-state index contributed by atoms with van der Waals surface area (Å²) in [7, 11) is -0.244. The van der Waals surface area contributed by atoms with Crippen LogP contribution in [0.3, 0.4) is 0 Å². The molecular formula is C26H32N4O4S2. The molecule has 0 N–H and O–H groups in total.